The van der Waals surface area contributed by atoms with E-state index in [1.165, 1.54) is 6.07 Å². The molecule has 160 valence electrons. The number of rotatable bonds is 5. The van der Waals surface area contributed by atoms with Crippen molar-refractivity contribution in [3.05, 3.63) is 99.4 Å². The van der Waals surface area contributed by atoms with Crippen molar-refractivity contribution in [2.24, 2.45) is 0 Å². The minimum atomic E-state index is -0.905. The third kappa shape index (κ3) is 4.44. The lowest BCUT2D eigenvalue weighted by Crippen LogP contribution is -2.26. The molecule has 0 aromatic heterocycles. The smallest absolute Gasteiger partial charge is 0.407 e. The summed E-state index contributed by atoms with van der Waals surface area (Å²) in [6, 6.07) is 19.7. The Balaban J connectivity index is 1.29. The third-order valence-electron chi connectivity index (χ3n) is 5.24. The summed E-state index contributed by atoms with van der Waals surface area (Å²) in [5.74, 6) is 4.61. The van der Waals surface area contributed by atoms with Crippen LogP contribution in [0.1, 0.15) is 29.0 Å². The average Bonchev–Trinajstić information content (AvgIpc) is 3.12. The molecule has 0 saturated heterocycles. The van der Waals surface area contributed by atoms with E-state index in [9.17, 15) is 19.3 Å². The van der Waals surface area contributed by atoms with Crippen molar-refractivity contribution in [2.75, 3.05) is 13.2 Å². The summed E-state index contributed by atoms with van der Waals surface area (Å²) < 4.78 is 18.8. The second-order valence-corrected chi connectivity index (χ2v) is 7.23. The molecule has 0 saturated carbocycles. The van der Waals surface area contributed by atoms with Crippen LogP contribution in [0.4, 0.5) is 14.9 Å². The number of nitrogens with zero attached hydrogens (tertiary/aromatic N) is 1. The number of alkyl carbamates (subject to hydrolysis) is 1. The van der Waals surface area contributed by atoms with Crippen LogP contribution >= 0.6 is 0 Å². The summed E-state index contributed by atoms with van der Waals surface area (Å²) >= 11 is 0. The first-order valence-electron chi connectivity index (χ1n) is 10.1. The van der Waals surface area contributed by atoms with Crippen LogP contribution < -0.4 is 5.32 Å². The Labute approximate surface area is 184 Å². The molecule has 4 rings (SSSR count). The van der Waals surface area contributed by atoms with Crippen LogP contribution in [-0.2, 0) is 4.74 Å². The van der Waals surface area contributed by atoms with Crippen LogP contribution in [0.3, 0.4) is 0 Å². The molecular weight excluding hydrogens is 411 g/mol. The molecule has 0 bridgehead atoms. The highest BCUT2D eigenvalue weighted by atomic mass is 19.1. The lowest BCUT2D eigenvalue weighted by molar-refractivity contribution is -0.387. The number of halogens is 1. The molecular formula is C25H19FN2O4. The number of hydrogen-bond donors (Lipinski definition) is 1. The van der Waals surface area contributed by atoms with Crippen LogP contribution in [0.25, 0.3) is 11.1 Å². The summed E-state index contributed by atoms with van der Waals surface area (Å²) in [6.07, 6.45) is -0.221. The van der Waals surface area contributed by atoms with Crippen LogP contribution in [0.15, 0.2) is 66.7 Å². The molecule has 0 unspecified atom stereocenters. The molecule has 0 spiro atoms. The van der Waals surface area contributed by atoms with Crippen molar-refractivity contribution in [1.29, 1.82) is 0 Å². The Morgan fingerprint density at radius 1 is 1.06 bits per heavy atom. The molecule has 7 heteroatoms. The van der Waals surface area contributed by atoms with E-state index in [1.807, 2.05) is 24.3 Å². The number of nitro benzene ring substituents is 1. The molecule has 1 N–H and O–H groups in total. The van der Waals surface area contributed by atoms with Gasteiger partial charge in [-0.1, -0.05) is 60.4 Å². The van der Waals surface area contributed by atoms with Crippen LogP contribution in [0.5, 0.6) is 0 Å². The number of nitrogens with one attached hydrogen (secondary N) is 1. The van der Waals surface area contributed by atoms with Gasteiger partial charge >= 0.3 is 11.8 Å². The van der Waals surface area contributed by atoms with E-state index >= 15 is 0 Å². The lowest BCUT2D eigenvalue weighted by Gasteiger charge is -2.14. The topological polar surface area (TPSA) is 81.5 Å². The van der Waals surface area contributed by atoms with Gasteiger partial charge in [-0.05, 0) is 34.4 Å². The fraction of sp³-hybridized carbons (Fsp3) is 0.160. The zero-order valence-electron chi connectivity index (χ0n) is 17.0. The van der Waals surface area contributed by atoms with Crippen LogP contribution in [-0.4, -0.2) is 24.2 Å². The number of amides is 1. The first kappa shape index (κ1) is 21.1. The van der Waals surface area contributed by atoms with E-state index in [0.717, 1.165) is 34.4 Å². The average molecular weight is 430 g/mol. The molecule has 1 aliphatic rings. The molecule has 0 fully saturated rings. The van der Waals surface area contributed by atoms with Gasteiger partial charge in [0, 0.05) is 30.5 Å². The summed E-state index contributed by atoms with van der Waals surface area (Å²) in [6.45, 7) is 0.484. The molecule has 32 heavy (non-hydrogen) atoms. The highest BCUT2D eigenvalue weighted by Gasteiger charge is 2.28. The van der Waals surface area contributed by atoms with E-state index in [-0.39, 0.29) is 19.1 Å². The molecule has 1 amide bonds. The summed E-state index contributed by atoms with van der Waals surface area (Å²) in [5, 5.41) is 13.4. The van der Waals surface area contributed by atoms with E-state index in [0.29, 0.717) is 12.0 Å². The molecule has 1 aliphatic carbocycles. The first-order valence-corrected chi connectivity index (χ1v) is 10.1. The molecule has 0 atom stereocenters. The molecule has 3 aromatic rings. The van der Waals surface area contributed by atoms with Gasteiger partial charge in [0.05, 0.1) is 4.92 Å². The van der Waals surface area contributed by atoms with E-state index < -0.39 is 22.5 Å². The second kappa shape index (κ2) is 9.31. The summed E-state index contributed by atoms with van der Waals surface area (Å²) in [4.78, 5) is 22.1. The maximum absolute atomic E-state index is 13.3. The predicted molar refractivity (Wildman–Crippen MR) is 118 cm³/mol. The van der Waals surface area contributed by atoms with Gasteiger partial charge in [0.15, 0.2) is 0 Å². The molecule has 0 radical (unpaired) electrons. The zero-order valence-corrected chi connectivity index (χ0v) is 17.0. The van der Waals surface area contributed by atoms with Gasteiger partial charge in [0.25, 0.3) is 0 Å². The van der Waals surface area contributed by atoms with Gasteiger partial charge in [0.2, 0.25) is 5.82 Å². The van der Waals surface area contributed by atoms with E-state index in [1.54, 1.807) is 0 Å². The normalized spacial score (nSPS) is 11.7. The Kier molecular flexibility index (Phi) is 6.13. The Morgan fingerprint density at radius 2 is 1.72 bits per heavy atom. The number of benzene rings is 3. The maximum atomic E-state index is 13.3. The highest BCUT2D eigenvalue weighted by molar-refractivity contribution is 5.79. The van der Waals surface area contributed by atoms with Crippen molar-refractivity contribution < 1.29 is 18.8 Å². The Bertz CT molecular complexity index is 1200. The minimum Gasteiger partial charge on any atom is -0.449 e. The predicted octanol–water partition coefficient (Wildman–Crippen LogP) is 5.01. The fourth-order valence-corrected chi connectivity index (χ4v) is 3.77. The largest absolute Gasteiger partial charge is 0.449 e. The standard InChI is InChI=1S/C25H19FN2O4/c26-23-13-12-17(15-24(23)28(30)31)7-5-6-14-27-25(29)32-16-22-20-10-3-1-8-18(20)19-9-2-4-11-21(19)22/h1-4,8-13,15,22H,6,14,16H2,(H,27,29). The van der Waals surface area contributed by atoms with Crippen molar-refractivity contribution in [3.8, 4) is 23.0 Å². The number of fused-ring (bicyclic) bond motifs is 3. The molecule has 6 nitrogen and oxygen atoms in total. The number of hydrogen-bond acceptors (Lipinski definition) is 4. The Hall–Kier alpha value is -4.18. The van der Waals surface area contributed by atoms with Gasteiger partial charge in [-0.2, -0.15) is 4.39 Å². The van der Waals surface area contributed by atoms with Crippen LogP contribution in [0, 0.1) is 27.8 Å². The van der Waals surface area contributed by atoms with Crippen molar-refractivity contribution in [2.45, 2.75) is 12.3 Å². The van der Waals surface area contributed by atoms with Gasteiger partial charge in [0.1, 0.15) is 6.61 Å². The summed E-state index contributed by atoms with van der Waals surface area (Å²) in [7, 11) is 0. The summed E-state index contributed by atoms with van der Waals surface area (Å²) in [5.41, 5.74) is 4.32. The van der Waals surface area contributed by atoms with Gasteiger partial charge < -0.3 is 10.1 Å². The van der Waals surface area contributed by atoms with Crippen molar-refractivity contribution >= 4 is 11.8 Å². The van der Waals surface area contributed by atoms with Gasteiger partial charge in [-0.25, -0.2) is 4.79 Å². The monoisotopic (exact) mass is 430 g/mol. The van der Waals surface area contributed by atoms with E-state index in [4.69, 9.17) is 4.74 Å². The SMILES string of the molecule is O=C(NCCC#Cc1ccc(F)c([N+](=O)[O-])c1)OCC1c2ccccc2-c2ccccc21. The quantitative estimate of drug-likeness (QED) is 0.267. The Morgan fingerprint density at radius 3 is 2.38 bits per heavy atom. The molecule has 0 aliphatic heterocycles. The number of ether oxygens (including phenoxy) is 1. The van der Waals surface area contributed by atoms with Crippen molar-refractivity contribution in [3.63, 3.8) is 0 Å². The lowest BCUT2D eigenvalue weighted by atomic mass is 9.98. The second-order valence-electron chi connectivity index (χ2n) is 7.23. The minimum absolute atomic E-state index is 0.0118. The van der Waals surface area contributed by atoms with Gasteiger partial charge in [-0.3, -0.25) is 10.1 Å². The van der Waals surface area contributed by atoms with Crippen molar-refractivity contribution in [1.82, 2.24) is 5.32 Å². The number of nitro groups is 1. The molecule has 0 heterocycles. The molecule has 3 aromatic carbocycles. The van der Waals surface area contributed by atoms with Crippen LogP contribution in [0.2, 0.25) is 0 Å². The fourth-order valence-electron chi connectivity index (χ4n) is 3.77. The maximum Gasteiger partial charge on any atom is 0.407 e. The number of carbonyl (C=O) groups excluding carboxylic acids is 1. The highest BCUT2D eigenvalue weighted by Crippen LogP contribution is 2.44. The zero-order chi connectivity index (χ0) is 22.5. The van der Waals surface area contributed by atoms with E-state index in [2.05, 4.69) is 41.4 Å². The number of carbonyl (C=O) groups is 1. The first-order chi connectivity index (χ1) is 15.5. The van der Waals surface area contributed by atoms with Gasteiger partial charge in [-0.15, -0.1) is 0 Å². The third-order valence-corrected chi connectivity index (χ3v) is 5.24.